The summed E-state index contributed by atoms with van der Waals surface area (Å²) in [6, 6.07) is 7.65. The Morgan fingerprint density at radius 1 is 1.00 bits per heavy atom. The van der Waals surface area contributed by atoms with E-state index < -0.39 is 0 Å². The van der Waals surface area contributed by atoms with Gasteiger partial charge in [0.05, 0.1) is 19.6 Å². The molecule has 1 aromatic carbocycles. The summed E-state index contributed by atoms with van der Waals surface area (Å²) in [6.45, 7) is 2.56. The van der Waals surface area contributed by atoms with Gasteiger partial charge in [0, 0.05) is 24.8 Å². The number of nitrogens with zero attached hydrogens (tertiary/aromatic N) is 1. The molecular formula is C20H29N3O3. The number of hydrogen-bond acceptors (Lipinski definition) is 3. The summed E-state index contributed by atoms with van der Waals surface area (Å²) in [5.41, 5.74) is 1.70. The number of ether oxygens (including phenoxy) is 1. The third kappa shape index (κ3) is 5.73. The van der Waals surface area contributed by atoms with E-state index in [0.29, 0.717) is 32.7 Å². The lowest BCUT2D eigenvalue weighted by molar-refractivity contribution is -0.134. The van der Waals surface area contributed by atoms with E-state index in [1.165, 1.54) is 25.7 Å². The molecule has 1 saturated carbocycles. The van der Waals surface area contributed by atoms with Crippen LogP contribution in [0.1, 0.15) is 44.1 Å². The van der Waals surface area contributed by atoms with E-state index in [9.17, 15) is 9.59 Å². The normalized spacial score (nSPS) is 18.8. The number of nitrogens with one attached hydrogen (secondary N) is 2. The van der Waals surface area contributed by atoms with Crippen LogP contribution >= 0.6 is 0 Å². The van der Waals surface area contributed by atoms with Crippen molar-refractivity contribution in [1.29, 1.82) is 0 Å². The second-order valence-corrected chi connectivity index (χ2v) is 7.15. The van der Waals surface area contributed by atoms with E-state index >= 15 is 0 Å². The van der Waals surface area contributed by atoms with Gasteiger partial charge in [-0.3, -0.25) is 4.79 Å². The summed E-state index contributed by atoms with van der Waals surface area (Å²) in [6.07, 6.45) is 7.43. The first-order valence-corrected chi connectivity index (χ1v) is 9.73. The smallest absolute Gasteiger partial charge is 0.319 e. The van der Waals surface area contributed by atoms with E-state index in [0.717, 1.165) is 24.1 Å². The van der Waals surface area contributed by atoms with Crippen molar-refractivity contribution < 1.29 is 14.3 Å². The molecule has 2 fully saturated rings. The van der Waals surface area contributed by atoms with E-state index in [2.05, 4.69) is 10.6 Å². The van der Waals surface area contributed by atoms with E-state index in [1.54, 1.807) is 0 Å². The van der Waals surface area contributed by atoms with Gasteiger partial charge in [0.25, 0.3) is 0 Å². The number of rotatable bonds is 4. The molecule has 1 saturated heterocycles. The molecule has 0 radical (unpaired) electrons. The first-order chi connectivity index (χ1) is 12.7. The van der Waals surface area contributed by atoms with Crippen LogP contribution in [0.2, 0.25) is 0 Å². The molecule has 1 heterocycles. The Kier molecular flexibility index (Phi) is 6.89. The fourth-order valence-electron chi connectivity index (χ4n) is 3.58. The van der Waals surface area contributed by atoms with Crippen molar-refractivity contribution in [2.75, 3.05) is 31.6 Å². The molecule has 0 spiro atoms. The Balaban J connectivity index is 1.46. The molecule has 0 aromatic heterocycles. The summed E-state index contributed by atoms with van der Waals surface area (Å²) in [5.74, 6) is 0.125. The van der Waals surface area contributed by atoms with Crippen molar-refractivity contribution in [2.24, 2.45) is 0 Å². The summed E-state index contributed by atoms with van der Waals surface area (Å²) < 4.78 is 5.27. The molecule has 6 heteroatoms. The van der Waals surface area contributed by atoms with Gasteiger partial charge in [0.2, 0.25) is 5.91 Å². The van der Waals surface area contributed by atoms with Crippen molar-refractivity contribution >= 4 is 17.6 Å². The Bertz CT molecular complexity index is 589. The van der Waals surface area contributed by atoms with Crippen LogP contribution in [0.25, 0.3) is 0 Å². The SMILES string of the molecule is O=C(Nc1ccc(CC(=O)N2CCOCC2)cc1)NC1CCCCCC1. The predicted octanol–water partition coefficient (Wildman–Crippen LogP) is 2.93. The molecule has 2 aliphatic rings. The standard InChI is InChI=1S/C20H29N3O3/c24-19(23-11-13-26-14-12-23)15-16-7-9-18(10-8-16)22-20(25)21-17-5-3-1-2-4-6-17/h7-10,17H,1-6,11-15H2,(H2,21,22,25). The minimum Gasteiger partial charge on any atom is -0.378 e. The zero-order chi connectivity index (χ0) is 18.2. The van der Waals surface area contributed by atoms with Gasteiger partial charge in [-0.25, -0.2) is 4.79 Å². The first kappa shape index (κ1) is 18.7. The van der Waals surface area contributed by atoms with Crippen molar-refractivity contribution in [3.8, 4) is 0 Å². The van der Waals surface area contributed by atoms with Gasteiger partial charge in [0.15, 0.2) is 0 Å². The molecular weight excluding hydrogens is 330 g/mol. The van der Waals surface area contributed by atoms with Gasteiger partial charge in [-0.05, 0) is 30.5 Å². The Labute approximate surface area is 155 Å². The Morgan fingerprint density at radius 2 is 1.65 bits per heavy atom. The maximum absolute atomic E-state index is 12.3. The van der Waals surface area contributed by atoms with E-state index in [1.807, 2.05) is 29.2 Å². The maximum Gasteiger partial charge on any atom is 0.319 e. The zero-order valence-electron chi connectivity index (χ0n) is 15.3. The average molecular weight is 359 g/mol. The Hall–Kier alpha value is -2.08. The van der Waals surface area contributed by atoms with Crippen molar-refractivity contribution in [1.82, 2.24) is 10.2 Å². The third-order valence-electron chi connectivity index (χ3n) is 5.12. The number of morpholine rings is 1. The second kappa shape index (κ2) is 9.57. The minimum atomic E-state index is -0.144. The molecule has 26 heavy (non-hydrogen) atoms. The Morgan fingerprint density at radius 3 is 2.31 bits per heavy atom. The van der Waals surface area contributed by atoms with Crippen LogP contribution in [0, 0.1) is 0 Å². The highest BCUT2D eigenvalue weighted by atomic mass is 16.5. The molecule has 3 rings (SSSR count). The van der Waals surface area contributed by atoms with Gasteiger partial charge < -0.3 is 20.3 Å². The lowest BCUT2D eigenvalue weighted by Gasteiger charge is -2.26. The van der Waals surface area contributed by atoms with Crippen LogP contribution in [0.5, 0.6) is 0 Å². The van der Waals surface area contributed by atoms with Crippen LogP contribution in [-0.4, -0.2) is 49.2 Å². The molecule has 0 bridgehead atoms. The van der Waals surface area contributed by atoms with E-state index in [-0.39, 0.29) is 18.0 Å². The third-order valence-corrected chi connectivity index (χ3v) is 5.12. The van der Waals surface area contributed by atoms with Crippen LogP contribution in [0.4, 0.5) is 10.5 Å². The van der Waals surface area contributed by atoms with Gasteiger partial charge in [-0.15, -0.1) is 0 Å². The molecule has 0 unspecified atom stereocenters. The monoisotopic (exact) mass is 359 g/mol. The predicted molar refractivity (Wildman–Crippen MR) is 101 cm³/mol. The number of benzene rings is 1. The largest absolute Gasteiger partial charge is 0.378 e. The number of anilines is 1. The lowest BCUT2D eigenvalue weighted by atomic mass is 10.1. The number of carbonyl (C=O) groups excluding carboxylic acids is 2. The maximum atomic E-state index is 12.3. The quantitative estimate of drug-likeness (QED) is 0.812. The van der Waals surface area contributed by atoms with Crippen LogP contribution in [0.3, 0.4) is 0 Å². The zero-order valence-corrected chi connectivity index (χ0v) is 15.3. The van der Waals surface area contributed by atoms with Crippen molar-refractivity contribution in [3.63, 3.8) is 0 Å². The van der Waals surface area contributed by atoms with Gasteiger partial charge in [0.1, 0.15) is 0 Å². The number of hydrogen-bond donors (Lipinski definition) is 2. The topological polar surface area (TPSA) is 70.7 Å². The highest BCUT2D eigenvalue weighted by molar-refractivity contribution is 5.89. The van der Waals surface area contributed by atoms with Crippen LogP contribution < -0.4 is 10.6 Å². The number of urea groups is 1. The molecule has 1 aliphatic carbocycles. The molecule has 3 amide bonds. The van der Waals surface area contributed by atoms with E-state index in [4.69, 9.17) is 4.74 Å². The molecule has 1 aliphatic heterocycles. The summed E-state index contributed by atoms with van der Waals surface area (Å²) >= 11 is 0. The molecule has 6 nitrogen and oxygen atoms in total. The molecule has 2 N–H and O–H groups in total. The highest BCUT2D eigenvalue weighted by Gasteiger charge is 2.17. The molecule has 1 aromatic rings. The van der Waals surface area contributed by atoms with Gasteiger partial charge >= 0.3 is 6.03 Å². The average Bonchev–Trinajstić information content (AvgIpc) is 2.92. The highest BCUT2D eigenvalue weighted by Crippen LogP contribution is 2.17. The van der Waals surface area contributed by atoms with Gasteiger partial charge in [-0.2, -0.15) is 0 Å². The van der Waals surface area contributed by atoms with Crippen LogP contribution in [0.15, 0.2) is 24.3 Å². The summed E-state index contributed by atoms with van der Waals surface area (Å²) in [5, 5.41) is 5.97. The molecule has 0 atom stereocenters. The first-order valence-electron chi connectivity index (χ1n) is 9.73. The number of amides is 3. The summed E-state index contributed by atoms with van der Waals surface area (Å²) in [4.78, 5) is 26.3. The fourth-order valence-corrected chi connectivity index (χ4v) is 3.58. The minimum absolute atomic E-state index is 0.125. The fraction of sp³-hybridized carbons (Fsp3) is 0.600. The summed E-state index contributed by atoms with van der Waals surface area (Å²) in [7, 11) is 0. The lowest BCUT2D eigenvalue weighted by Crippen LogP contribution is -2.41. The van der Waals surface area contributed by atoms with Crippen LogP contribution in [-0.2, 0) is 16.0 Å². The molecule has 142 valence electrons. The van der Waals surface area contributed by atoms with Crippen molar-refractivity contribution in [3.05, 3.63) is 29.8 Å². The number of carbonyl (C=O) groups is 2. The van der Waals surface area contributed by atoms with Crippen molar-refractivity contribution in [2.45, 2.75) is 51.0 Å². The van der Waals surface area contributed by atoms with Gasteiger partial charge in [-0.1, -0.05) is 37.8 Å². The second-order valence-electron chi connectivity index (χ2n) is 7.15.